The smallest absolute Gasteiger partial charge is 0.175 e. The maximum Gasteiger partial charge on any atom is 0.175 e. The number of methoxy groups -OCH3 is 1. The number of aryl methyl sites for hydroxylation is 2. The van der Waals surface area contributed by atoms with Crippen LogP contribution in [0.1, 0.15) is 22.3 Å². The van der Waals surface area contributed by atoms with Crippen LogP contribution in [-0.4, -0.2) is 13.3 Å². The molecule has 0 heterocycles. The highest BCUT2D eigenvalue weighted by Crippen LogP contribution is 2.37. The highest BCUT2D eigenvalue weighted by Gasteiger charge is 2.12. The zero-order valence-electron chi connectivity index (χ0n) is 16.0. The molecule has 0 aromatic heterocycles. The molecule has 5 heteroatoms. The van der Waals surface area contributed by atoms with E-state index in [0.29, 0.717) is 18.1 Å². The first-order chi connectivity index (χ1) is 13.5. The van der Waals surface area contributed by atoms with Crippen molar-refractivity contribution in [1.29, 1.82) is 0 Å². The first-order valence-corrected chi connectivity index (χ1v) is 9.61. The van der Waals surface area contributed by atoms with Crippen LogP contribution in [0.5, 0.6) is 11.5 Å². The number of hydrogen-bond acceptors (Lipinski definition) is 3. The summed E-state index contributed by atoms with van der Waals surface area (Å²) < 4.78 is 25.2. The molecule has 0 aliphatic rings. The van der Waals surface area contributed by atoms with Crippen LogP contribution >= 0.6 is 15.9 Å². The Kier molecular flexibility index (Phi) is 6.47. The molecule has 0 unspecified atom stereocenters. The first-order valence-electron chi connectivity index (χ1n) is 8.82. The molecule has 0 radical (unpaired) electrons. The Labute approximate surface area is 173 Å². The zero-order valence-corrected chi connectivity index (χ0v) is 17.6. The lowest BCUT2D eigenvalue weighted by molar-refractivity contribution is 0.282. The summed E-state index contributed by atoms with van der Waals surface area (Å²) in [5, 5.41) is 0. The summed E-state index contributed by atoms with van der Waals surface area (Å²) in [4.78, 5) is 4.59. The third-order valence-corrected chi connectivity index (χ3v) is 4.84. The minimum atomic E-state index is -0.269. The molecule has 0 spiro atoms. The molecule has 0 N–H and O–H groups in total. The van der Waals surface area contributed by atoms with Crippen LogP contribution in [0.25, 0.3) is 0 Å². The van der Waals surface area contributed by atoms with Gasteiger partial charge in [0.25, 0.3) is 0 Å². The van der Waals surface area contributed by atoms with Crippen LogP contribution in [0.2, 0.25) is 0 Å². The lowest BCUT2D eigenvalue weighted by atomic mass is 10.1. The Bertz CT molecular complexity index is 1000. The van der Waals surface area contributed by atoms with E-state index in [1.54, 1.807) is 25.5 Å². The van der Waals surface area contributed by atoms with Crippen molar-refractivity contribution in [2.45, 2.75) is 20.5 Å². The van der Waals surface area contributed by atoms with Crippen LogP contribution in [0.4, 0.5) is 10.1 Å². The lowest BCUT2D eigenvalue weighted by Gasteiger charge is -2.13. The highest BCUT2D eigenvalue weighted by atomic mass is 79.9. The summed E-state index contributed by atoms with van der Waals surface area (Å²) in [6.07, 6.45) is 1.80. The van der Waals surface area contributed by atoms with Crippen molar-refractivity contribution in [3.63, 3.8) is 0 Å². The third-order valence-electron chi connectivity index (χ3n) is 4.25. The number of nitrogens with zero attached hydrogens (tertiary/aromatic N) is 1. The van der Waals surface area contributed by atoms with Crippen LogP contribution < -0.4 is 9.47 Å². The van der Waals surface area contributed by atoms with E-state index < -0.39 is 0 Å². The number of rotatable bonds is 6. The molecule has 3 aromatic rings. The summed E-state index contributed by atoms with van der Waals surface area (Å²) >= 11 is 3.55. The van der Waals surface area contributed by atoms with Crippen molar-refractivity contribution in [1.82, 2.24) is 0 Å². The molecule has 0 aliphatic heterocycles. The van der Waals surface area contributed by atoms with E-state index in [1.807, 2.05) is 31.2 Å². The van der Waals surface area contributed by atoms with Gasteiger partial charge in [-0.3, -0.25) is 4.99 Å². The van der Waals surface area contributed by atoms with Gasteiger partial charge < -0.3 is 9.47 Å². The van der Waals surface area contributed by atoms with Gasteiger partial charge >= 0.3 is 0 Å². The van der Waals surface area contributed by atoms with Gasteiger partial charge in [0.05, 0.1) is 17.3 Å². The van der Waals surface area contributed by atoms with E-state index in [0.717, 1.165) is 26.9 Å². The molecule has 0 fully saturated rings. The summed E-state index contributed by atoms with van der Waals surface area (Å²) in [7, 11) is 1.59. The molecule has 144 valence electrons. The SMILES string of the molecule is COc1cc(C=Nc2ccc(C)cc2C)cc(Br)c1OCc1ccc(F)cc1. The number of ether oxygens (including phenoxy) is 2. The molecular weight excluding hydrogens is 421 g/mol. The first kappa shape index (κ1) is 20.1. The largest absolute Gasteiger partial charge is 0.493 e. The van der Waals surface area contributed by atoms with E-state index in [4.69, 9.17) is 9.47 Å². The van der Waals surface area contributed by atoms with Crippen molar-refractivity contribution in [3.8, 4) is 11.5 Å². The number of hydrogen-bond donors (Lipinski definition) is 0. The van der Waals surface area contributed by atoms with E-state index in [9.17, 15) is 4.39 Å². The molecule has 3 rings (SSSR count). The summed E-state index contributed by atoms with van der Waals surface area (Å²) in [5.74, 6) is 0.920. The van der Waals surface area contributed by atoms with Crippen LogP contribution in [0.15, 0.2) is 64.1 Å². The molecule has 28 heavy (non-hydrogen) atoms. The molecule has 3 aromatic carbocycles. The second-order valence-corrected chi connectivity index (χ2v) is 7.35. The van der Waals surface area contributed by atoms with Crippen LogP contribution in [0.3, 0.4) is 0 Å². The molecule has 0 aliphatic carbocycles. The van der Waals surface area contributed by atoms with Gasteiger partial charge in [-0.15, -0.1) is 0 Å². The molecule has 0 bridgehead atoms. The molecular formula is C23H21BrFNO2. The van der Waals surface area contributed by atoms with Crippen molar-refractivity contribution >= 4 is 27.8 Å². The predicted octanol–water partition coefficient (Wildman–Crippen LogP) is 6.54. The highest BCUT2D eigenvalue weighted by molar-refractivity contribution is 9.10. The van der Waals surface area contributed by atoms with Gasteiger partial charge in [-0.05, 0) is 76.8 Å². The Hall–Kier alpha value is -2.66. The van der Waals surface area contributed by atoms with Gasteiger partial charge in [0, 0.05) is 6.21 Å². The monoisotopic (exact) mass is 441 g/mol. The molecule has 0 atom stereocenters. The second kappa shape index (κ2) is 9.02. The lowest BCUT2D eigenvalue weighted by Crippen LogP contribution is -1.99. The number of benzene rings is 3. The summed E-state index contributed by atoms with van der Waals surface area (Å²) in [6, 6.07) is 16.2. The molecule has 0 saturated carbocycles. The summed E-state index contributed by atoms with van der Waals surface area (Å²) in [6.45, 7) is 4.42. The zero-order chi connectivity index (χ0) is 20.1. The van der Waals surface area contributed by atoms with Gasteiger partial charge in [-0.1, -0.05) is 29.8 Å². The fourth-order valence-electron chi connectivity index (χ4n) is 2.78. The minimum absolute atomic E-state index is 0.269. The van der Waals surface area contributed by atoms with Crippen molar-refractivity contribution in [2.75, 3.05) is 7.11 Å². The third kappa shape index (κ3) is 4.98. The van der Waals surface area contributed by atoms with E-state index in [-0.39, 0.29) is 5.82 Å². The van der Waals surface area contributed by atoms with Gasteiger partial charge in [-0.25, -0.2) is 4.39 Å². The average molecular weight is 442 g/mol. The standard InChI is InChI=1S/C23H21BrFNO2/c1-15-4-9-21(16(2)10-15)26-13-18-11-20(24)23(22(12-18)27-3)28-14-17-5-7-19(25)8-6-17/h4-13H,14H2,1-3H3. The van der Waals surface area contributed by atoms with Gasteiger partial charge in [0.15, 0.2) is 11.5 Å². The van der Waals surface area contributed by atoms with Gasteiger partial charge in [0.1, 0.15) is 12.4 Å². The molecule has 0 saturated heterocycles. The Morgan fingerprint density at radius 3 is 2.46 bits per heavy atom. The maximum absolute atomic E-state index is 13.0. The minimum Gasteiger partial charge on any atom is -0.493 e. The molecule has 0 amide bonds. The van der Waals surface area contributed by atoms with Gasteiger partial charge in [-0.2, -0.15) is 0 Å². The van der Waals surface area contributed by atoms with E-state index >= 15 is 0 Å². The second-order valence-electron chi connectivity index (χ2n) is 6.50. The fourth-order valence-corrected chi connectivity index (χ4v) is 3.36. The van der Waals surface area contributed by atoms with Crippen LogP contribution in [0, 0.1) is 19.7 Å². The maximum atomic E-state index is 13.0. The van der Waals surface area contributed by atoms with Crippen molar-refractivity contribution in [2.24, 2.45) is 4.99 Å². The summed E-state index contributed by atoms with van der Waals surface area (Å²) in [5.41, 5.74) is 5.02. The van der Waals surface area contributed by atoms with Crippen LogP contribution in [-0.2, 0) is 6.61 Å². The fraction of sp³-hybridized carbons (Fsp3) is 0.174. The van der Waals surface area contributed by atoms with Crippen molar-refractivity contribution in [3.05, 3.63) is 87.1 Å². The Morgan fingerprint density at radius 1 is 1.04 bits per heavy atom. The van der Waals surface area contributed by atoms with Gasteiger partial charge in [0.2, 0.25) is 0 Å². The molecule has 3 nitrogen and oxygen atoms in total. The Balaban J connectivity index is 1.80. The van der Waals surface area contributed by atoms with E-state index in [2.05, 4.69) is 33.9 Å². The van der Waals surface area contributed by atoms with E-state index in [1.165, 1.54) is 17.7 Å². The van der Waals surface area contributed by atoms with Crippen molar-refractivity contribution < 1.29 is 13.9 Å². The average Bonchev–Trinajstić information content (AvgIpc) is 2.67. The topological polar surface area (TPSA) is 30.8 Å². The predicted molar refractivity (Wildman–Crippen MR) is 115 cm³/mol. The number of aliphatic imine (C=N–C) groups is 1. The quantitative estimate of drug-likeness (QED) is 0.406. The normalized spacial score (nSPS) is 11.0. The number of halogens is 2. The Morgan fingerprint density at radius 2 is 1.79 bits per heavy atom.